The zero-order valence-electron chi connectivity index (χ0n) is 22.9. The minimum atomic E-state index is -5.05. The normalized spacial score (nSPS) is 18.2. The van der Waals surface area contributed by atoms with Crippen molar-refractivity contribution in [3.8, 4) is 0 Å². The van der Waals surface area contributed by atoms with Gasteiger partial charge in [0.05, 0.1) is 5.70 Å². The number of alkyl carbamates (subject to hydrolysis) is 1. The second-order valence-corrected chi connectivity index (χ2v) is 10.3. The van der Waals surface area contributed by atoms with Crippen LogP contribution in [0.2, 0.25) is 0 Å². The molecule has 3 N–H and O–H groups in total. The second kappa shape index (κ2) is 13.0. The van der Waals surface area contributed by atoms with Gasteiger partial charge in [0.25, 0.3) is 0 Å². The van der Waals surface area contributed by atoms with Crippen LogP contribution in [0.25, 0.3) is 0 Å². The van der Waals surface area contributed by atoms with Gasteiger partial charge in [0.1, 0.15) is 23.7 Å². The summed E-state index contributed by atoms with van der Waals surface area (Å²) in [4.78, 5) is 62.8. The minimum Gasteiger partial charge on any atom is -0.444 e. The van der Waals surface area contributed by atoms with Gasteiger partial charge >= 0.3 is 18.2 Å². The van der Waals surface area contributed by atoms with Crippen molar-refractivity contribution >= 4 is 29.8 Å². The van der Waals surface area contributed by atoms with Crippen LogP contribution in [-0.2, 0) is 28.7 Å². The highest BCUT2D eigenvalue weighted by Gasteiger charge is 2.43. The Labute approximate surface area is 219 Å². The average Bonchev–Trinajstić information content (AvgIpc) is 3.22. The average molecular weight is 551 g/mol. The van der Waals surface area contributed by atoms with E-state index in [1.807, 2.05) is 0 Å². The summed E-state index contributed by atoms with van der Waals surface area (Å²) in [6.07, 6.45) is -5.30. The van der Waals surface area contributed by atoms with Crippen molar-refractivity contribution in [1.82, 2.24) is 20.9 Å². The Hall–Kier alpha value is -3.32. The van der Waals surface area contributed by atoms with Crippen LogP contribution in [-0.4, -0.2) is 71.1 Å². The Morgan fingerprint density at radius 2 is 1.53 bits per heavy atom. The molecular weight excluding hydrogens is 513 g/mol. The molecule has 0 bridgehead atoms. The molecule has 0 radical (unpaired) electrons. The number of nitrogens with zero attached hydrogens (tertiary/aromatic N) is 1. The molecule has 0 spiro atoms. The van der Waals surface area contributed by atoms with Gasteiger partial charge in [-0.05, 0) is 53.4 Å². The molecule has 14 heteroatoms. The summed E-state index contributed by atoms with van der Waals surface area (Å²) in [6.45, 7) is 11.4. The number of esters is 1. The third kappa shape index (κ3) is 9.86. The number of hydrogen-bond donors (Lipinski definition) is 3. The van der Waals surface area contributed by atoms with E-state index in [1.54, 1.807) is 20.8 Å². The molecule has 1 rings (SSSR count). The van der Waals surface area contributed by atoms with Crippen molar-refractivity contribution in [2.45, 2.75) is 98.1 Å². The Kier molecular flexibility index (Phi) is 11.2. The van der Waals surface area contributed by atoms with E-state index < -0.39 is 77.1 Å². The number of alkyl halides is 3. The van der Waals surface area contributed by atoms with E-state index in [0.717, 1.165) is 6.92 Å². The summed E-state index contributed by atoms with van der Waals surface area (Å²) in [7, 11) is 0. The Bertz CT molecular complexity index is 958. The molecule has 0 aromatic rings. The van der Waals surface area contributed by atoms with Crippen molar-refractivity contribution < 1.29 is 46.6 Å². The van der Waals surface area contributed by atoms with E-state index in [-0.39, 0.29) is 13.0 Å². The number of amides is 4. The van der Waals surface area contributed by atoms with E-state index in [2.05, 4.69) is 20.7 Å². The third-order valence-corrected chi connectivity index (χ3v) is 5.28. The molecule has 1 saturated heterocycles. The van der Waals surface area contributed by atoms with E-state index in [0.29, 0.717) is 6.42 Å². The number of ether oxygens (including phenoxy) is 2. The van der Waals surface area contributed by atoms with E-state index >= 15 is 0 Å². The van der Waals surface area contributed by atoms with Crippen molar-refractivity contribution in [1.29, 1.82) is 0 Å². The monoisotopic (exact) mass is 550 g/mol. The van der Waals surface area contributed by atoms with Crippen LogP contribution in [0.1, 0.15) is 68.2 Å². The van der Waals surface area contributed by atoms with Gasteiger partial charge in [-0.25, -0.2) is 4.79 Å². The zero-order chi connectivity index (χ0) is 29.6. The van der Waals surface area contributed by atoms with Crippen LogP contribution in [0.15, 0.2) is 11.5 Å². The number of hydrogen-bond acceptors (Lipinski definition) is 7. The third-order valence-electron chi connectivity index (χ3n) is 5.28. The molecule has 1 aliphatic rings. The van der Waals surface area contributed by atoms with Gasteiger partial charge in [-0.2, -0.15) is 13.2 Å². The summed E-state index contributed by atoms with van der Waals surface area (Å²) >= 11 is 0. The minimum absolute atomic E-state index is 0.139. The van der Waals surface area contributed by atoms with Gasteiger partial charge in [-0.3, -0.25) is 19.2 Å². The van der Waals surface area contributed by atoms with Crippen LogP contribution >= 0.6 is 0 Å². The molecule has 1 aliphatic heterocycles. The van der Waals surface area contributed by atoms with E-state index in [1.165, 1.54) is 32.6 Å². The number of allylic oxidation sites excluding steroid dienone is 2. The van der Waals surface area contributed by atoms with Crippen LogP contribution in [0.5, 0.6) is 0 Å². The molecule has 1 fully saturated rings. The van der Waals surface area contributed by atoms with Gasteiger partial charge in [0.15, 0.2) is 0 Å². The molecule has 216 valence electrons. The first-order valence-corrected chi connectivity index (χ1v) is 12.2. The first-order chi connectivity index (χ1) is 17.2. The Morgan fingerprint density at radius 3 is 2.00 bits per heavy atom. The highest BCUT2D eigenvalue weighted by atomic mass is 19.4. The second-order valence-electron chi connectivity index (χ2n) is 10.3. The molecule has 0 unspecified atom stereocenters. The van der Waals surface area contributed by atoms with Gasteiger partial charge in [0, 0.05) is 13.5 Å². The number of carbonyl (C=O) groups is 5. The Balaban J connectivity index is 2.97. The quantitative estimate of drug-likeness (QED) is 0.311. The van der Waals surface area contributed by atoms with Crippen molar-refractivity contribution in [2.24, 2.45) is 5.92 Å². The maximum Gasteiger partial charge on any atom is 0.451 e. The van der Waals surface area contributed by atoms with Gasteiger partial charge in [-0.1, -0.05) is 13.8 Å². The molecule has 4 amide bonds. The van der Waals surface area contributed by atoms with E-state index in [9.17, 15) is 37.1 Å². The maximum absolute atomic E-state index is 13.6. The van der Waals surface area contributed by atoms with Gasteiger partial charge in [-0.15, -0.1) is 0 Å². The summed E-state index contributed by atoms with van der Waals surface area (Å²) in [5.74, 6) is -5.91. The number of rotatable bonds is 8. The van der Waals surface area contributed by atoms with Crippen molar-refractivity contribution in [2.75, 3.05) is 6.54 Å². The number of likely N-dealkylation sites (tertiary alicyclic amines) is 1. The lowest BCUT2D eigenvalue weighted by molar-refractivity contribution is -0.159. The first-order valence-electron chi connectivity index (χ1n) is 12.2. The Morgan fingerprint density at radius 1 is 0.947 bits per heavy atom. The summed E-state index contributed by atoms with van der Waals surface area (Å²) in [5.41, 5.74) is -1.42. The van der Waals surface area contributed by atoms with Crippen LogP contribution in [0, 0.1) is 5.92 Å². The first kappa shape index (κ1) is 32.7. The van der Waals surface area contributed by atoms with Crippen LogP contribution in [0.3, 0.4) is 0 Å². The molecule has 0 saturated carbocycles. The fourth-order valence-electron chi connectivity index (χ4n) is 3.59. The fraction of sp³-hybridized carbons (Fsp3) is 0.708. The summed E-state index contributed by atoms with van der Waals surface area (Å²) in [5, 5.41) is 7.00. The lowest BCUT2D eigenvalue weighted by Crippen LogP contribution is -2.55. The van der Waals surface area contributed by atoms with Gasteiger partial charge < -0.3 is 30.3 Å². The maximum atomic E-state index is 13.6. The van der Waals surface area contributed by atoms with Crippen LogP contribution < -0.4 is 16.0 Å². The molecule has 0 aromatic carbocycles. The largest absolute Gasteiger partial charge is 0.451 e. The molecule has 38 heavy (non-hydrogen) atoms. The molecule has 0 aromatic heterocycles. The predicted octanol–water partition coefficient (Wildman–Crippen LogP) is 2.50. The molecular formula is C24H37F3N4O7. The lowest BCUT2D eigenvalue weighted by atomic mass is 10.1. The van der Waals surface area contributed by atoms with Crippen LogP contribution in [0.4, 0.5) is 18.0 Å². The summed E-state index contributed by atoms with van der Waals surface area (Å²) < 4.78 is 50.1. The standard InChI is InChI=1S/C24H37F3N4O7/c1-12(2)17(18(24(25,26)27)37-15(5)32)30-20(34)16-10-9-11-31(16)21(35)14(4)28-19(33)13(3)29-22(36)38-23(6,7)8/h12-14,16H,9-11H2,1-8H3,(H,28,33)(H,29,36)(H,30,34)/b18-17+/t13-,14-,16-/m0/s1. The smallest absolute Gasteiger partial charge is 0.444 e. The van der Waals surface area contributed by atoms with Crippen molar-refractivity contribution in [3.63, 3.8) is 0 Å². The molecule has 1 heterocycles. The number of carbonyl (C=O) groups excluding carboxylic acids is 5. The highest BCUT2D eigenvalue weighted by Crippen LogP contribution is 2.31. The van der Waals surface area contributed by atoms with E-state index in [4.69, 9.17) is 4.74 Å². The summed E-state index contributed by atoms with van der Waals surface area (Å²) in [6, 6.07) is -3.26. The fourth-order valence-corrected chi connectivity index (χ4v) is 3.59. The topological polar surface area (TPSA) is 143 Å². The number of nitrogens with one attached hydrogen (secondary N) is 3. The lowest BCUT2D eigenvalue weighted by Gasteiger charge is -2.29. The number of halogens is 3. The molecule has 11 nitrogen and oxygen atoms in total. The molecule has 0 aliphatic carbocycles. The highest BCUT2D eigenvalue weighted by molar-refractivity contribution is 5.94. The SMILES string of the molecule is CC(=O)O/C(=C(/NC(=O)[C@@H]1CCCN1C(=O)[C@H](C)NC(=O)[C@H](C)NC(=O)OC(C)(C)C)C(C)C)C(F)(F)F. The zero-order valence-corrected chi connectivity index (χ0v) is 22.9. The predicted molar refractivity (Wildman–Crippen MR) is 129 cm³/mol. The van der Waals surface area contributed by atoms with Gasteiger partial charge in [0.2, 0.25) is 23.5 Å². The molecule has 3 atom stereocenters. The van der Waals surface area contributed by atoms with Crippen molar-refractivity contribution in [3.05, 3.63) is 11.5 Å².